The number of anilines is 2. The Kier molecular flexibility index (Phi) is 3.72. The van der Waals surface area contributed by atoms with Crippen LogP contribution in [0.2, 0.25) is 0 Å². The molecule has 108 valence electrons. The average molecular weight is 345 g/mol. The van der Waals surface area contributed by atoms with Gasteiger partial charge in [-0.15, -0.1) is 0 Å². The molecule has 21 heavy (non-hydrogen) atoms. The smallest absolute Gasteiger partial charge is 0.258 e. The van der Waals surface area contributed by atoms with Crippen LogP contribution in [0.1, 0.15) is 27.9 Å². The molecule has 1 heterocycles. The summed E-state index contributed by atoms with van der Waals surface area (Å²) in [6.07, 6.45) is 1.88. The van der Waals surface area contributed by atoms with E-state index in [-0.39, 0.29) is 5.91 Å². The van der Waals surface area contributed by atoms with E-state index in [2.05, 4.69) is 15.9 Å². The summed E-state index contributed by atoms with van der Waals surface area (Å²) in [5, 5.41) is 0. The molecular weight excluding hydrogens is 328 g/mol. The highest BCUT2D eigenvalue weighted by molar-refractivity contribution is 9.10. The zero-order valence-electron chi connectivity index (χ0n) is 11.9. The van der Waals surface area contributed by atoms with Crippen molar-refractivity contribution in [2.45, 2.75) is 19.8 Å². The fraction of sp³-hybridized carbons (Fsp3) is 0.235. The number of nitrogens with zero attached hydrogens (tertiary/aromatic N) is 1. The summed E-state index contributed by atoms with van der Waals surface area (Å²) in [6, 6.07) is 11.6. The predicted molar refractivity (Wildman–Crippen MR) is 89.7 cm³/mol. The maximum Gasteiger partial charge on any atom is 0.258 e. The number of fused-ring (bicyclic) bond motifs is 1. The lowest BCUT2D eigenvalue weighted by Gasteiger charge is -2.30. The first-order valence-electron chi connectivity index (χ1n) is 7.02. The van der Waals surface area contributed by atoms with Crippen molar-refractivity contribution in [2.75, 3.05) is 17.2 Å². The van der Waals surface area contributed by atoms with Crippen LogP contribution in [0.15, 0.2) is 40.9 Å². The molecule has 0 unspecified atom stereocenters. The summed E-state index contributed by atoms with van der Waals surface area (Å²) in [5.74, 6) is 0.0333. The highest BCUT2D eigenvalue weighted by Crippen LogP contribution is 2.32. The molecule has 0 fully saturated rings. The van der Waals surface area contributed by atoms with E-state index in [0.29, 0.717) is 5.56 Å². The number of halogens is 1. The minimum absolute atomic E-state index is 0.0333. The van der Waals surface area contributed by atoms with Crippen molar-refractivity contribution < 1.29 is 4.79 Å². The van der Waals surface area contributed by atoms with E-state index in [1.807, 2.05) is 48.2 Å². The minimum Gasteiger partial charge on any atom is -0.398 e. The van der Waals surface area contributed by atoms with E-state index in [4.69, 9.17) is 5.73 Å². The molecule has 0 atom stereocenters. The van der Waals surface area contributed by atoms with Crippen LogP contribution in [0.25, 0.3) is 0 Å². The molecule has 3 nitrogen and oxygen atoms in total. The minimum atomic E-state index is 0.0333. The summed E-state index contributed by atoms with van der Waals surface area (Å²) >= 11 is 3.46. The van der Waals surface area contributed by atoms with Gasteiger partial charge in [-0.1, -0.05) is 22.0 Å². The van der Waals surface area contributed by atoms with Crippen LogP contribution in [-0.4, -0.2) is 12.5 Å². The van der Waals surface area contributed by atoms with Crippen molar-refractivity contribution in [3.05, 3.63) is 57.6 Å². The van der Waals surface area contributed by atoms with E-state index >= 15 is 0 Å². The number of nitrogens with two attached hydrogens (primary N) is 1. The van der Waals surface area contributed by atoms with Gasteiger partial charge in [-0.25, -0.2) is 0 Å². The van der Waals surface area contributed by atoms with Crippen LogP contribution >= 0.6 is 15.9 Å². The molecular formula is C17H17BrN2O. The predicted octanol–water partition coefficient (Wildman–Crippen LogP) is 3.93. The summed E-state index contributed by atoms with van der Waals surface area (Å²) in [7, 11) is 0. The van der Waals surface area contributed by atoms with Crippen LogP contribution in [0.4, 0.5) is 11.4 Å². The largest absolute Gasteiger partial charge is 0.398 e. The molecule has 0 saturated carbocycles. The topological polar surface area (TPSA) is 46.3 Å². The van der Waals surface area contributed by atoms with Gasteiger partial charge < -0.3 is 10.6 Å². The number of carbonyl (C=O) groups is 1. The van der Waals surface area contributed by atoms with E-state index in [0.717, 1.165) is 46.4 Å². The summed E-state index contributed by atoms with van der Waals surface area (Å²) in [6.45, 7) is 2.73. The quantitative estimate of drug-likeness (QED) is 0.796. The Labute approximate surface area is 132 Å². The Hall–Kier alpha value is -1.81. The monoisotopic (exact) mass is 344 g/mol. The van der Waals surface area contributed by atoms with Gasteiger partial charge in [-0.05, 0) is 61.2 Å². The zero-order valence-corrected chi connectivity index (χ0v) is 13.5. The summed E-state index contributed by atoms with van der Waals surface area (Å²) in [4.78, 5) is 14.7. The van der Waals surface area contributed by atoms with Crippen LogP contribution in [0.5, 0.6) is 0 Å². The van der Waals surface area contributed by atoms with Gasteiger partial charge in [0.1, 0.15) is 0 Å². The van der Waals surface area contributed by atoms with Crippen molar-refractivity contribution in [1.29, 1.82) is 0 Å². The number of rotatable bonds is 1. The second-order valence-corrected chi connectivity index (χ2v) is 6.34. The van der Waals surface area contributed by atoms with Gasteiger partial charge >= 0.3 is 0 Å². The third-order valence-corrected chi connectivity index (χ3v) is 4.28. The van der Waals surface area contributed by atoms with Gasteiger partial charge in [-0.2, -0.15) is 0 Å². The Morgan fingerprint density at radius 1 is 1.29 bits per heavy atom. The lowest BCUT2D eigenvalue weighted by atomic mass is 9.99. The van der Waals surface area contributed by atoms with Crippen molar-refractivity contribution in [1.82, 2.24) is 0 Å². The van der Waals surface area contributed by atoms with E-state index in [9.17, 15) is 4.79 Å². The summed E-state index contributed by atoms with van der Waals surface area (Å²) in [5.41, 5.74) is 10.6. The molecule has 0 aromatic heterocycles. The number of benzene rings is 2. The van der Waals surface area contributed by atoms with E-state index in [1.165, 1.54) is 0 Å². The first-order chi connectivity index (χ1) is 10.1. The van der Waals surface area contributed by atoms with Gasteiger partial charge in [0.15, 0.2) is 0 Å². The first kappa shape index (κ1) is 14.1. The lowest BCUT2D eigenvalue weighted by Crippen LogP contribution is -2.35. The molecule has 0 saturated heterocycles. The molecule has 1 aliphatic rings. The van der Waals surface area contributed by atoms with Gasteiger partial charge in [0.05, 0.1) is 0 Å². The Morgan fingerprint density at radius 2 is 2.10 bits per heavy atom. The van der Waals surface area contributed by atoms with Gasteiger partial charge in [0, 0.05) is 28.0 Å². The third kappa shape index (κ3) is 2.68. The lowest BCUT2D eigenvalue weighted by molar-refractivity contribution is 0.0985. The van der Waals surface area contributed by atoms with Crippen LogP contribution in [0, 0.1) is 6.92 Å². The van der Waals surface area contributed by atoms with E-state index < -0.39 is 0 Å². The maximum absolute atomic E-state index is 12.8. The van der Waals surface area contributed by atoms with E-state index in [1.54, 1.807) is 0 Å². The fourth-order valence-corrected chi connectivity index (χ4v) is 3.49. The number of amides is 1. The molecule has 2 N–H and O–H groups in total. The average Bonchev–Trinajstić information content (AvgIpc) is 2.45. The highest BCUT2D eigenvalue weighted by atomic mass is 79.9. The highest BCUT2D eigenvalue weighted by Gasteiger charge is 2.24. The number of nitrogen functional groups attached to an aromatic ring is 1. The SMILES string of the molecule is Cc1cc(Br)cc(C(=O)N2CCCc3c(N)cccc32)c1. The van der Waals surface area contributed by atoms with Crippen LogP contribution in [-0.2, 0) is 6.42 Å². The van der Waals surface area contributed by atoms with Gasteiger partial charge in [0.25, 0.3) is 5.91 Å². The standard InChI is InChI=1S/C17H17BrN2O/c1-11-8-12(10-13(18)9-11)17(21)20-7-3-4-14-15(19)5-2-6-16(14)20/h2,5-6,8-10H,3-4,7,19H2,1H3. The number of carbonyl (C=O) groups excluding carboxylic acids is 1. The molecule has 0 aliphatic carbocycles. The fourth-order valence-electron chi connectivity index (χ4n) is 2.88. The number of aryl methyl sites for hydroxylation is 1. The van der Waals surface area contributed by atoms with Crippen molar-refractivity contribution in [3.8, 4) is 0 Å². The van der Waals surface area contributed by atoms with Crippen LogP contribution in [0.3, 0.4) is 0 Å². The molecule has 2 aromatic carbocycles. The Balaban J connectivity index is 2.02. The maximum atomic E-state index is 12.8. The Bertz CT molecular complexity index is 692. The van der Waals surface area contributed by atoms with Gasteiger partial charge in [-0.3, -0.25) is 4.79 Å². The zero-order chi connectivity index (χ0) is 15.0. The molecule has 4 heteroatoms. The molecule has 2 aromatic rings. The molecule has 0 radical (unpaired) electrons. The summed E-state index contributed by atoms with van der Waals surface area (Å²) < 4.78 is 0.927. The molecule has 0 spiro atoms. The van der Waals surface area contributed by atoms with Crippen molar-refractivity contribution >= 4 is 33.2 Å². The van der Waals surface area contributed by atoms with Gasteiger partial charge in [0.2, 0.25) is 0 Å². The van der Waals surface area contributed by atoms with Crippen LogP contribution < -0.4 is 10.6 Å². The first-order valence-corrected chi connectivity index (χ1v) is 7.82. The second kappa shape index (κ2) is 5.53. The molecule has 3 rings (SSSR count). The number of hydrogen-bond donors (Lipinski definition) is 1. The normalized spacial score (nSPS) is 13.9. The number of hydrogen-bond acceptors (Lipinski definition) is 2. The molecule has 0 bridgehead atoms. The Morgan fingerprint density at radius 3 is 2.86 bits per heavy atom. The second-order valence-electron chi connectivity index (χ2n) is 5.42. The van der Waals surface area contributed by atoms with Crippen molar-refractivity contribution in [3.63, 3.8) is 0 Å². The molecule has 1 aliphatic heterocycles. The van der Waals surface area contributed by atoms with Crippen molar-refractivity contribution in [2.24, 2.45) is 0 Å². The third-order valence-electron chi connectivity index (χ3n) is 3.82. The molecule has 1 amide bonds.